The number of oxime groups is 1. The van der Waals surface area contributed by atoms with Crippen LogP contribution in [0.5, 0.6) is 0 Å². The topological polar surface area (TPSA) is 55.5 Å². The molecule has 1 saturated heterocycles. The number of piperidine rings is 1. The van der Waals surface area contributed by atoms with E-state index in [4.69, 9.17) is 4.84 Å². The molecule has 24 heavy (non-hydrogen) atoms. The summed E-state index contributed by atoms with van der Waals surface area (Å²) in [6, 6.07) is 0. The summed E-state index contributed by atoms with van der Waals surface area (Å²) in [5.74, 6) is 3.04. The van der Waals surface area contributed by atoms with Crippen molar-refractivity contribution in [3.05, 3.63) is 11.6 Å². The van der Waals surface area contributed by atoms with Crippen molar-refractivity contribution in [2.24, 2.45) is 5.16 Å². The molecular formula is C18H29N5O. The molecule has 6 nitrogen and oxygen atoms in total. The predicted octanol–water partition coefficient (Wildman–Crippen LogP) is 2.74. The van der Waals surface area contributed by atoms with Crippen molar-refractivity contribution >= 4 is 5.71 Å². The molecule has 0 aromatic carbocycles. The van der Waals surface area contributed by atoms with E-state index in [2.05, 4.69) is 31.7 Å². The van der Waals surface area contributed by atoms with Crippen molar-refractivity contribution in [3.8, 4) is 0 Å². The van der Waals surface area contributed by atoms with Crippen molar-refractivity contribution in [2.75, 3.05) is 19.6 Å². The number of aryl methyl sites for hydroxylation is 1. The van der Waals surface area contributed by atoms with Crippen molar-refractivity contribution in [1.29, 1.82) is 0 Å². The minimum Gasteiger partial charge on any atom is -0.391 e. The Labute approximate surface area is 144 Å². The number of aromatic nitrogens is 3. The highest BCUT2D eigenvalue weighted by Crippen LogP contribution is 2.29. The molecular weight excluding hydrogens is 302 g/mol. The van der Waals surface area contributed by atoms with Crippen LogP contribution in [0.1, 0.15) is 69.4 Å². The molecule has 0 radical (unpaired) electrons. The molecule has 0 spiro atoms. The molecule has 4 heterocycles. The standard InChI is InChI=1S/C18H29N5O/c1-2-15-12-16(24-21-15)13-22-10-7-14(8-11-22)18-20-19-17-6-4-3-5-9-23(17)18/h14,16H,2-13H2,1H3. The smallest absolute Gasteiger partial charge is 0.145 e. The Morgan fingerprint density at radius 3 is 2.75 bits per heavy atom. The van der Waals surface area contributed by atoms with Crippen molar-refractivity contribution < 1.29 is 4.84 Å². The highest BCUT2D eigenvalue weighted by atomic mass is 16.6. The van der Waals surface area contributed by atoms with Gasteiger partial charge in [0.2, 0.25) is 0 Å². The van der Waals surface area contributed by atoms with Crippen LogP contribution in [0.2, 0.25) is 0 Å². The Kier molecular flexibility index (Phi) is 4.83. The van der Waals surface area contributed by atoms with Crippen LogP contribution in [0, 0.1) is 0 Å². The van der Waals surface area contributed by atoms with Crippen LogP contribution >= 0.6 is 0 Å². The monoisotopic (exact) mass is 331 g/mol. The summed E-state index contributed by atoms with van der Waals surface area (Å²) in [5, 5.41) is 13.2. The molecule has 1 aromatic rings. The van der Waals surface area contributed by atoms with Crippen LogP contribution in [-0.2, 0) is 17.8 Å². The molecule has 0 amide bonds. The Balaban J connectivity index is 1.31. The highest BCUT2D eigenvalue weighted by molar-refractivity contribution is 5.85. The first-order chi connectivity index (χ1) is 11.8. The fourth-order valence-corrected chi connectivity index (χ4v) is 4.26. The van der Waals surface area contributed by atoms with Gasteiger partial charge in [-0.3, -0.25) is 4.90 Å². The van der Waals surface area contributed by atoms with E-state index in [1.807, 2.05) is 0 Å². The second-order valence-corrected chi connectivity index (χ2v) is 7.45. The van der Waals surface area contributed by atoms with Crippen LogP contribution in [0.15, 0.2) is 5.16 Å². The van der Waals surface area contributed by atoms with E-state index < -0.39 is 0 Å². The Morgan fingerprint density at radius 2 is 1.96 bits per heavy atom. The van der Waals surface area contributed by atoms with E-state index in [-0.39, 0.29) is 6.10 Å². The van der Waals surface area contributed by atoms with Gasteiger partial charge in [-0.1, -0.05) is 18.5 Å². The summed E-state index contributed by atoms with van der Waals surface area (Å²) < 4.78 is 2.43. The van der Waals surface area contributed by atoms with Gasteiger partial charge in [0.05, 0.1) is 5.71 Å². The summed E-state index contributed by atoms with van der Waals surface area (Å²) in [5.41, 5.74) is 1.21. The average Bonchev–Trinajstić information content (AvgIpc) is 3.16. The van der Waals surface area contributed by atoms with Crippen LogP contribution in [0.25, 0.3) is 0 Å². The number of fused-ring (bicyclic) bond motifs is 1. The van der Waals surface area contributed by atoms with Gasteiger partial charge < -0.3 is 9.40 Å². The lowest BCUT2D eigenvalue weighted by Crippen LogP contribution is -2.39. The van der Waals surface area contributed by atoms with Gasteiger partial charge in [0.15, 0.2) is 0 Å². The molecule has 1 aromatic heterocycles. The maximum absolute atomic E-state index is 5.57. The Bertz CT molecular complexity index is 588. The summed E-state index contributed by atoms with van der Waals surface area (Å²) in [6.07, 6.45) is 9.62. The van der Waals surface area contributed by atoms with Gasteiger partial charge in [0, 0.05) is 31.8 Å². The first-order valence-corrected chi connectivity index (χ1v) is 9.69. The SMILES string of the molecule is CCC1=NOC(CN2CCC(c3nnc4n3CCCCC4)CC2)C1. The summed E-state index contributed by atoms with van der Waals surface area (Å²) >= 11 is 0. The van der Waals surface area contributed by atoms with Gasteiger partial charge in [-0.15, -0.1) is 10.2 Å². The zero-order valence-corrected chi connectivity index (χ0v) is 14.8. The third kappa shape index (κ3) is 3.34. The van der Waals surface area contributed by atoms with E-state index >= 15 is 0 Å². The van der Waals surface area contributed by atoms with Crippen LogP contribution in [0.4, 0.5) is 0 Å². The molecule has 0 saturated carbocycles. The number of rotatable bonds is 4. The fourth-order valence-electron chi connectivity index (χ4n) is 4.26. The van der Waals surface area contributed by atoms with E-state index in [1.54, 1.807) is 0 Å². The van der Waals surface area contributed by atoms with Gasteiger partial charge in [0.25, 0.3) is 0 Å². The van der Waals surface area contributed by atoms with E-state index in [1.165, 1.54) is 49.5 Å². The van der Waals surface area contributed by atoms with E-state index in [0.29, 0.717) is 5.92 Å². The molecule has 132 valence electrons. The molecule has 3 aliphatic heterocycles. The van der Waals surface area contributed by atoms with Gasteiger partial charge in [-0.25, -0.2) is 0 Å². The predicted molar refractivity (Wildman–Crippen MR) is 93.2 cm³/mol. The zero-order chi connectivity index (χ0) is 16.4. The summed E-state index contributed by atoms with van der Waals surface area (Å²) in [6.45, 7) is 6.54. The third-order valence-electron chi connectivity index (χ3n) is 5.75. The zero-order valence-electron chi connectivity index (χ0n) is 14.8. The lowest BCUT2D eigenvalue weighted by Gasteiger charge is -2.32. The molecule has 6 heteroatoms. The average molecular weight is 331 g/mol. The molecule has 1 fully saturated rings. The second-order valence-electron chi connectivity index (χ2n) is 7.45. The van der Waals surface area contributed by atoms with Crippen molar-refractivity contribution in [1.82, 2.24) is 19.7 Å². The Hall–Kier alpha value is -1.43. The summed E-state index contributed by atoms with van der Waals surface area (Å²) in [4.78, 5) is 8.10. The molecule has 0 aliphatic carbocycles. The van der Waals surface area contributed by atoms with Crippen LogP contribution < -0.4 is 0 Å². The fraction of sp³-hybridized carbons (Fsp3) is 0.833. The number of likely N-dealkylation sites (tertiary alicyclic amines) is 1. The maximum atomic E-state index is 5.57. The molecule has 0 N–H and O–H groups in total. The van der Waals surface area contributed by atoms with Gasteiger partial charge >= 0.3 is 0 Å². The van der Waals surface area contributed by atoms with Crippen LogP contribution in [-0.4, -0.2) is 51.1 Å². The normalized spacial score (nSPS) is 25.9. The Morgan fingerprint density at radius 1 is 1.08 bits per heavy atom. The highest BCUT2D eigenvalue weighted by Gasteiger charge is 2.29. The van der Waals surface area contributed by atoms with Crippen molar-refractivity contribution in [3.63, 3.8) is 0 Å². The van der Waals surface area contributed by atoms with Gasteiger partial charge in [-0.2, -0.15) is 0 Å². The maximum Gasteiger partial charge on any atom is 0.145 e. The van der Waals surface area contributed by atoms with Crippen LogP contribution in [0.3, 0.4) is 0 Å². The van der Waals surface area contributed by atoms with Gasteiger partial charge in [-0.05, 0) is 45.2 Å². The summed E-state index contributed by atoms with van der Waals surface area (Å²) in [7, 11) is 0. The number of nitrogens with zero attached hydrogens (tertiary/aromatic N) is 5. The van der Waals surface area contributed by atoms with E-state index in [9.17, 15) is 0 Å². The second kappa shape index (κ2) is 7.21. The lowest BCUT2D eigenvalue weighted by molar-refractivity contribution is 0.0450. The van der Waals surface area contributed by atoms with E-state index in [0.717, 1.165) is 45.4 Å². The van der Waals surface area contributed by atoms with Crippen molar-refractivity contribution in [2.45, 2.75) is 76.9 Å². The number of hydrogen-bond acceptors (Lipinski definition) is 5. The third-order valence-corrected chi connectivity index (χ3v) is 5.75. The first kappa shape index (κ1) is 16.1. The largest absolute Gasteiger partial charge is 0.391 e. The number of hydrogen-bond donors (Lipinski definition) is 0. The lowest BCUT2D eigenvalue weighted by atomic mass is 9.95. The minimum atomic E-state index is 0.265. The molecule has 4 rings (SSSR count). The molecule has 1 atom stereocenters. The first-order valence-electron chi connectivity index (χ1n) is 9.69. The van der Waals surface area contributed by atoms with Gasteiger partial charge in [0.1, 0.15) is 17.8 Å². The quantitative estimate of drug-likeness (QED) is 0.851. The minimum absolute atomic E-state index is 0.265. The molecule has 0 bridgehead atoms. The molecule has 1 unspecified atom stereocenters. The molecule has 3 aliphatic rings.